The van der Waals surface area contributed by atoms with Crippen molar-refractivity contribution in [2.24, 2.45) is 0 Å². The van der Waals surface area contributed by atoms with Gasteiger partial charge in [-0.15, -0.1) is 6.42 Å². The molecule has 2 N–H and O–H groups in total. The average molecular weight is 342 g/mol. The summed E-state index contributed by atoms with van der Waals surface area (Å²) in [5, 5.41) is 13.1. The first kappa shape index (κ1) is 19.0. The molecule has 1 aliphatic heterocycles. The third-order valence-corrected chi connectivity index (χ3v) is 4.58. The fourth-order valence-corrected chi connectivity index (χ4v) is 3.27. The molecule has 0 bridgehead atoms. The van der Waals surface area contributed by atoms with Crippen LogP contribution in [0.4, 0.5) is 0 Å². The monoisotopic (exact) mass is 342 g/mol. The molecule has 1 heterocycles. The zero-order chi connectivity index (χ0) is 18.1. The minimum Gasteiger partial charge on any atom is -0.388 e. The summed E-state index contributed by atoms with van der Waals surface area (Å²) in [7, 11) is 0. The van der Waals surface area contributed by atoms with Crippen molar-refractivity contribution >= 4 is 11.8 Å². The second-order valence-electron chi connectivity index (χ2n) is 6.41. The molecule has 2 rings (SSSR count). The molecule has 2 atom stereocenters. The van der Waals surface area contributed by atoms with E-state index >= 15 is 0 Å². The fraction of sp³-hybridized carbons (Fsp3) is 0.500. The van der Waals surface area contributed by atoms with Crippen LogP contribution < -0.4 is 5.32 Å². The molecule has 0 aliphatic carbocycles. The maximum atomic E-state index is 12.6. The van der Waals surface area contributed by atoms with Crippen LogP contribution in [0, 0.1) is 12.3 Å². The van der Waals surface area contributed by atoms with Crippen molar-refractivity contribution in [2.45, 2.75) is 50.7 Å². The zero-order valence-electron chi connectivity index (χ0n) is 14.5. The van der Waals surface area contributed by atoms with Gasteiger partial charge in [-0.1, -0.05) is 49.1 Å². The minimum atomic E-state index is -0.616. The molecule has 5 nitrogen and oxygen atoms in total. The maximum Gasteiger partial charge on any atom is 0.232 e. The molecule has 1 aromatic rings. The van der Waals surface area contributed by atoms with Crippen molar-refractivity contribution < 1.29 is 14.7 Å². The summed E-state index contributed by atoms with van der Waals surface area (Å²) < 4.78 is 0. The van der Waals surface area contributed by atoms with Crippen molar-refractivity contribution in [1.82, 2.24) is 10.2 Å². The molecule has 1 saturated heterocycles. The van der Waals surface area contributed by atoms with Crippen LogP contribution in [-0.2, 0) is 9.59 Å². The summed E-state index contributed by atoms with van der Waals surface area (Å²) in [6.07, 6.45) is 8.66. The van der Waals surface area contributed by atoms with Crippen LogP contribution in [-0.4, -0.2) is 41.0 Å². The van der Waals surface area contributed by atoms with E-state index in [0.717, 1.165) is 31.2 Å². The highest BCUT2D eigenvalue weighted by atomic mass is 16.3. The van der Waals surface area contributed by atoms with E-state index in [9.17, 15) is 14.7 Å². The third kappa shape index (κ3) is 5.91. The maximum absolute atomic E-state index is 12.6. The van der Waals surface area contributed by atoms with Gasteiger partial charge in [0.25, 0.3) is 0 Å². The topological polar surface area (TPSA) is 69.6 Å². The zero-order valence-corrected chi connectivity index (χ0v) is 14.5. The Hall–Kier alpha value is -2.32. The van der Waals surface area contributed by atoms with Crippen molar-refractivity contribution in [3.63, 3.8) is 0 Å². The molecule has 25 heavy (non-hydrogen) atoms. The summed E-state index contributed by atoms with van der Waals surface area (Å²) in [5.74, 6) is 1.78. The number of aliphatic hydroxyl groups is 1. The molecule has 2 unspecified atom stereocenters. The third-order valence-electron chi connectivity index (χ3n) is 4.58. The van der Waals surface area contributed by atoms with E-state index in [1.54, 1.807) is 4.90 Å². The molecule has 0 aromatic heterocycles. The molecule has 5 heteroatoms. The van der Waals surface area contributed by atoms with Gasteiger partial charge < -0.3 is 15.3 Å². The Morgan fingerprint density at radius 2 is 2.04 bits per heavy atom. The summed E-state index contributed by atoms with van der Waals surface area (Å²) >= 11 is 0. The summed E-state index contributed by atoms with van der Waals surface area (Å²) in [6.45, 7) is 0.760. The average Bonchev–Trinajstić information content (AvgIpc) is 2.86. The summed E-state index contributed by atoms with van der Waals surface area (Å²) in [6, 6.07) is 9.42. The smallest absolute Gasteiger partial charge is 0.232 e. The molecule has 0 saturated carbocycles. The number of likely N-dealkylation sites (tertiary alicyclic amines) is 1. The van der Waals surface area contributed by atoms with Gasteiger partial charge in [0.15, 0.2) is 0 Å². The summed E-state index contributed by atoms with van der Waals surface area (Å²) in [4.78, 5) is 26.1. The number of nitrogens with zero attached hydrogens (tertiary/aromatic N) is 1. The lowest BCUT2D eigenvalue weighted by Crippen LogP contribution is -2.43. The van der Waals surface area contributed by atoms with Gasteiger partial charge in [0.2, 0.25) is 11.8 Å². The van der Waals surface area contributed by atoms with Gasteiger partial charge in [-0.3, -0.25) is 9.59 Å². The molecule has 1 aromatic carbocycles. The van der Waals surface area contributed by atoms with Gasteiger partial charge in [-0.25, -0.2) is 0 Å². The van der Waals surface area contributed by atoms with Crippen molar-refractivity contribution in [3.05, 3.63) is 35.9 Å². The van der Waals surface area contributed by atoms with Gasteiger partial charge in [-0.05, 0) is 24.8 Å². The molecule has 134 valence electrons. The molecular formula is C20H26N2O3. The van der Waals surface area contributed by atoms with E-state index in [0.29, 0.717) is 13.0 Å². The van der Waals surface area contributed by atoms with Gasteiger partial charge >= 0.3 is 0 Å². The largest absolute Gasteiger partial charge is 0.388 e. The highest BCUT2D eigenvalue weighted by molar-refractivity contribution is 5.97. The van der Waals surface area contributed by atoms with E-state index < -0.39 is 6.10 Å². The number of terminal acetylenes is 1. The van der Waals surface area contributed by atoms with Gasteiger partial charge in [-0.2, -0.15) is 0 Å². The molecule has 0 radical (unpaired) electrons. The van der Waals surface area contributed by atoms with E-state index in [-0.39, 0.29) is 30.8 Å². The predicted molar refractivity (Wildman–Crippen MR) is 96.4 cm³/mol. The normalized spacial score (nSPS) is 18.7. The predicted octanol–water partition coefficient (Wildman–Crippen LogP) is 2.02. The molecule has 2 amide bonds. The Morgan fingerprint density at radius 1 is 1.28 bits per heavy atom. The van der Waals surface area contributed by atoms with Crippen LogP contribution in [0.25, 0.3) is 0 Å². The van der Waals surface area contributed by atoms with Crippen molar-refractivity contribution in [1.29, 1.82) is 0 Å². The van der Waals surface area contributed by atoms with Crippen LogP contribution in [0.2, 0.25) is 0 Å². The Labute approximate surface area is 149 Å². The highest BCUT2D eigenvalue weighted by Crippen LogP contribution is 2.26. The Kier molecular flexibility index (Phi) is 7.49. The Balaban J connectivity index is 2.01. The number of carbonyl (C=O) groups is 2. The number of aliphatic hydroxyl groups excluding tert-OH is 1. The van der Waals surface area contributed by atoms with Crippen molar-refractivity contribution in [3.8, 4) is 12.3 Å². The van der Waals surface area contributed by atoms with Crippen molar-refractivity contribution in [2.75, 3.05) is 13.1 Å². The lowest BCUT2D eigenvalue weighted by atomic mass is 9.98. The van der Waals surface area contributed by atoms with E-state index in [1.165, 1.54) is 0 Å². The van der Waals surface area contributed by atoms with Crippen LogP contribution in [0.15, 0.2) is 30.3 Å². The quantitative estimate of drug-likeness (QED) is 0.614. The fourth-order valence-electron chi connectivity index (χ4n) is 3.27. The van der Waals surface area contributed by atoms with E-state index in [4.69, 9.17) is 6.42 Å². The molecule has 1 fully saturated rings. The number of rotatable bonds is 6. The Morgan fingerprint density at radius 3 is 2.76 bits per heavy atom. The lowest BCUT2D eigenvalue weighted by molar-refractivity contribution is -0.138. The van der Waals surface area contributed by atoms with Crippen LogP contribution in [0.3, 0.4) is 0 Å². The first-order chi connectivity index (χ1) is 12.1. The first-order valence-electron chi connectivity index (χ1n) is 8.84. The SMILES string of the molecule is C#CCNC(=O)CC(=O)N1CCCCCC1CC(O)c1ccccc1. The second-order valence-corrected chi connectivity index (χ2v) is 6.41. The standard InChI is InChI=1S/C20H26N2O3/c1-2-12-21-19(24)15-20(25)22-13-8-4-7-11-17(22)14-18(23)16-9-5-3-6-10-16/h1,3,5-6,9-10,17-18,23H,4,7-8,11-15H2,(H,21,24). The lowest BCUT2D eigenvalue weighted by Gasteiger charge is -2.31. The highest BCUT2D eigenvalue weighted by Gasteiger charge is 2.28. The van der Waals surface area contributed by atoms with Gasteiger partial charge in [0.05, 0.1) is 12.6 Å². The minimum absolute atomic E-state index is 0.0503. The second kappa shape index (κ2) is 9.85. The van der Waals surface area contributed by atoms with Crippen LogP contribution in [0.5, 0.6) is 0 Å². The number of hydrogen-bond acceptors (Lipinski definition) is 3. The summed E-state index contributed by atoms with van der Waals surface area (Å²) in [5.41, 5.74) is 0.853. The Bertz CT molecular complexity index is 609. The van der Waals surface area contributed by atoms with Crippen LogP contribution >= 0.6 is 0 Å². The first-order valence-corrected chi connectivity index (χ1v) is 8.84. The van der Waals surface area contributed by atoms with Crippen LogP contribution in [0.1, 0.15) is 50.2 Å². The molecular weight excluding hydrogens is 316 g/mol. The van der Waals surface area contributed by atoms with E-state index in [1.807, 2.05) is 30.3 Å². The number of carbonyl (C=O) groups excluding carboxylic acids is 2. The number of hydrogen-bond donors (Lipinski definition) is 2. The molecule has 0 spiro atoms. The number of benzene rings is 1. The van der Waals surface area contributed by atoms with E-state index in [2.05, 4.69) is 11.2 Å². The van der Waals surface area contributed by atoms with Gasteiger partial charge in [0, 0.05) is 12.6 Å². The number of nitrogens with one attached hydrogen (secondary N) is 1. The number of amides is 2. The molecule has 1 aliphatic rings. The van der Waals surface area contributed by atoms with Gasteiger partial charge in [0.1, 0.15) is 6.42 Å².